The van der Waals surface area contributed by atoms with Gasteiger partial charge in [0, 0.05) is 0 Å². The summed E-state index contributed by atoms with van der Waals surface area (Å²) in [5.74, 6) is 0.642. The number of imidazole rings is 1. The first-order chi connectivity index (χ1) is 12.0. The minimum absolute atomic E-state index is 0.0546. The summed E-state index contributed by atoms with van der Waals surface area (Å²) < 4.78 is 7.92. The molecule has 0 amide bonds. The summed E-state index contributed by atoms with van der Waals surface area (Å²) in [5.41, 5.74) is 2.45. The Labute approximate surface area is 152 Å². The van der Waals surface area contributed by atoms with E-state index in [1.54, 1.807) is 10.5 Å². The SMILES string of the molecule is CC(C)Oc1ccc(C=c2sc3nc4ccccc4n3c2=O)cc1Cl. The molecule has 0 fully saturated rings. The van der Waals surface area contributed by atoms with Gasteiger partial charge in [0.2, 0.25) is 0 Å². The van der Waals surface area contributed by atoms with Crippen molar-refractivity contribution >= 4 is 45.0 Å². The van der Waals surface area contributed by atoms with E-state index >= 15 is 0 Å². The molecule has 4 aromatic rings. The first-order valence-corrected chi connectivity index (χ1v) is 9.10. The van der Waals surface area contributed by atoms with Crippen molar-refractivity contribution in [1.82, 2.24) is 9.38 Å². The van der Waals surface area contributed by atoms with Crippen LogP contribution in [0.1, 0.15) is 19.4 Å². The van der Waals surface area contributed by atoms with Crippen LogP contribution < -0.4 is 14.8 Å². The van der Waals surface area contributed by atoms with E-state index < -0.39 is 0 Å². The van der Waals surface area contributed by atoms with Crippen LogP contribution in [-0.4, -0.2) is 15.5 Å². The van der Waals surface area contributed by atoms with Gasteiger partial charge in [-0.2, -0.15) is 0 Å². The number of nitrogens with zero attached hydrogens (tertiary/aromatic N) is 2. The number of thiazole rings is 1. The Kier molecular flexibility index (Phi) is 3.98. The third-order valence-corrected chi connectivity index (χ3v) is 5.03. The maximum atomic E-state index is 12.7. The Hall–Kier alpha value is -2.37. The van der Waals surface area contributed by atoms with Crippen LogP contribution in [0.3, 0.4) is 0 Å². The van der Waals surface area contributed by atoms with E-state index in [0.29, 0.717) is 20.3 Å². The van der Waals surface area contributed by atoms with Gasteiger partial charge in [-0.15, -0.1) is 0 Å². The molecule has 0 saturated carbocycles. The molecule has 0 aliphatic rings. The minimum atomic E-state index is -0.0627. The summed E-state index contributed by atoms with van der Waals surface area (Å²) in [5, 5.41) is 0.529. The molecule has 0 aliphatic carbocycles. The molecular weight excluding hydrogens is 356 g/mol. The predicted octanol–water partition coefficient (Wildman–Crippen LogP) is 3.90. The molecule has 0 aliphatic heterocycles. The average Bonchev–Trinajstić information content (AvgIpc) is 3.07. The zero-order valence-corrected chi connectivity index (χ0v) is 15.3. The number of benzene rings is 2. The number of rotatable bonds is 3. The number of ether oxygens (including phenoxy) is 1. The van der Waals surface area contributed by atoms with Crippen molar-refractivity contribution in [1.29, 1.82) is 0 Å². The summed E-state index contributed by atoms with van der Waals surface area (Å²) in [4.78, 5) is 18.0. The fourth-order valence-electron chi connectivity index (χ4n) is 2.72. The van der Waals surface area contributed by atoms with Crippen molar-refractivity contribution in [2.75, 3.05) is 0 Å². The fraction of sp³-hybridized carbons (Fsp3) is 0.158. The third kappa shape index (κ3) is 2.90. The molecule has 126 valence electrons. The highest BCUT2D eigenvalue weighted by atomic mass is 35.5. The molecule has 0 bridgehead atoms. The normalized spacial score (nSPS) is 12.6. The lowest BCUT2D eigenvalue weighted by Crippen LogP contribution is -2.22. The van der Waals surface area contributed by atoms with Gasteiger partial charge in [0.05, 0.1) is 26.7 Å². The lowest BCUT2D eigenvalue weighted by atomic mass is 10.2. The summed E-state index contributed by atoms with van der Waals surface area (Å²) in [7, 11) is 0. The van der Waals surface area contributed by atoms with Gasteiger partial charge in [-0.25, -0.2) is 9.38 Å². The molecule has 2 heterocycles. The maximum absolute atomic E-state index is 12.7. The lowest BCUT2D eigenvalue weighted by Gasteiger charge is -2.11. The highest BCUT2D eigenvalue weighted by molar-refractivity contribution is 7.15. The van der Waals surface area contributed by atoms with Gasteiger partial charge in [-0.3, -0.25) is 4.79 Å². The van der Waals surface area contributed by atoms with Gasteiger partial charge in [-0.1, -0.05) is 41.1 Å². The molecule has 4 rings (SSSR count). The van der Waals surface area contributed by atoms with E-state index in [-0.39, 0.29) is 11.7 Å². The van der Waals surface area contributed by atoms with Crippen LogP contribution in [0.15, 0.2) is 47.3 Å². The van der Waals surface area contributed by atoms with Crippen LogP contribution in [0.4, 0.5) is 0 Å². The van der Waals surface area contributed by atoms with Gasteiger partial charge in [0.25, 0.3) is 5.56 Å². The smallest absolute Gasteiger partial charge is 0.274 e. The average molecular weight is 371 g/mol. The van der Waals surface area contributed by atoms with Crippen molar-refractivity contribution in [2.24, 2.45) is 0 Å². The van der Waals surface area contributed by atoms with Crippen molar-refractivity contribution in [2.45, 2.75) is 20.0 Å². The Morgan fingerprint density at radius 1 is 1.24 bits per heavy atom. The molecule has 2 aromatic carbocycles. The van der Waals surface area contributed by atoms with Gasteiger partial charge in [0.15, 0.2) is 4.96 Å². The summed E-state index contributed by atoms with van der Waals surface area (Å²) in [6, 6.07) is 13.2. The van der Waals surface area contributed by atoms with Crippen molar-refractivity contribution < 1.29 is 4.74 Å². The highest BCUT2D eigenvalue weighted by Crippen LogP contribution is 2.26. The molecule has 25 heavy (non-hydrogen) atoms. The van der Waals surface area contributed by atoms with Crippen LogP contribution >= 0.6 is 22.9 Å². The molecule has 0 N–H and O–H groups in total. The molecule has 2 aromatic heterocycles. The highest BCUT2D eigenvalue weighted by Gasteiger charge is 2.11. The van der Waals surface area contributed by atoms with E-state index in [9.17, 15) is 4.79 Å². The molecule has 4 nitrogen and oxygen atoms in total. The first-order valence-electron chi connectivity index (χ1n) is 7.91. The largest absolute Gasteiger partial charge is 0.489 e. The molecular formula is C19H15ClN2O2S. The van der Waals surface area contributed by atoms with Crippen LogP contribution in [0.25, 0.3) is 22.1 Å². The van der Waals surface area contributed by atoms with E-state index in [2.05, 4.69) is 4.98 Å². The fourth-order valence-corrected chi connectivity index (χ4v) is 3.94. The Balaban J connectivity index is 1.83. The predicted molar refractivity (Wildman–Crippen MR) is 103 cm³/mol. The van der Waals surface area contributed by atoms with Crippen LogP contribution in [-0.2, 0) is 0 Å². The lowest BCUT2D eigenvalue weighted by molar-refractivity contribution is 0.242. The van der Waals surface area contributed by atoms with Crippen molar-refractivity contribution in [3.05, 3.63) is 67.9 Å². The Bertz CT molecular complexity index is 1190. The molecule has 0 spiro atoms. The number of para-hydroxylation sites is 2. The molecule has 0 radical (unpaired) electrons. The standard InChI is InChI=1S/C19H15ClN2O2S/c1-11(2)24-16-8-7-12(9-13(16)20)10-17-18(23)22-15-6-4-3-5-14(15)21-19(22)25-17/h3-11H,1-2H3. The quantitative estimate of drug-likeness (QED) is 0.549. The monoisotopic (exact) mass is 370 g/mol. The number of fused-ring (bicyclic) bond motifs is 3. The van der Waals surface area contributed by atoms with Gasteiger partial charge in [-0.05, 0) is 49.8 Å². The van der Waals surface area contributed by atoms with Crippen molar-refractivity contribution in [3.63, 3.8) is 0 Å². The summed E-state index contributed by atoms with van der Waals surface area (Å²) in [6.45, 7) is 3.90. The minimum Gasteiger partial charge on any atom is -0.489 e. The number of hydrogen-bond acceptors (Lipinski definition) is 4. The van der Waals surface area contributed by atoms with Crippen LogP contribution in [0.5, 0.6) is 5.75 Å². The second-order valence-corrected chi connectivity index (χ2v) is 7.41. The second kappa shape index (κ2) is 6.17. The van der Waals surface area contributed by atoms with Crippen molar-refractivity contribution in [3.8, 4) is 5.75 Å². The van der Waals surface area contributed by atoms with E-state index in [0.717, 1.165) is 16.6 Å². The summed E-state index contributed by atoms with van der Waals surface area (Å²) in [6.07, 6.45) is 1.89. The molecule has 0 unspecified atom stereocenters. The number of halogens is 1. The van der Waals surface area contributed by atoms with Gasteiger partial charge in [0.1, 0.15) is 5.75 Å². The Morgan fingerprint density at radius 3 is 2.80 bits per heavy atom. The van der Waals surface area contributed by atoms with E-state index in [1.807, 2.05) is 56.3 Å². The number of hydrogen-bond donors (Lipinski definition) is 0. The zero-order chi connectivity index (χ0) is 17.6. The second-order valence-electron chi connectivity index (χ2n) is 5.99. The number of aromatic nitrogens is 2. The molecule has 0 saturated heterocycles. The summed E-state index contributed by atoms with van der Waals surface area (Å²) >= 11 is 7.65. The van der Waals surface area contributed by atoms with Crippen LogP contribution in [0, 0.1) is 0 Å². The zero-order valence-electron chi connectivity index (χ0n) is 13.7. The van der Waals surface area contributed by atoms with E-state index in [1.165, 1.54) is 11.3 Å². The topological polar surface area (TPSA) is 43.6 Å². The maximum Gasteiger partial charge on any atom is 0.274 e. The third-order valence-electron chi connectivity index (χ3n) is 3.76. The Morgan fingerprint density at radius 2 is 2.04 bits per heavy atom. The van der Waals surface area contributed by atoms with Gasteiger partial charge < -0.3 is 4.74 Å². The van der Waals surface area contributed by atoms with Crippen LogP contribution in [0.2, 0.25) is 5.02 Å². The molecule has 0 atom stereocenters. The van der Waals surface area contributed by atoms with E-state index in [4.69, 9.17) is 16.3 Å². The first kappa shape index (κ1) is 16.1. The van der Waals surface area contributed by atoms with Gasteiger partial charge >= 0.3 is 0 Å². The molecule has 6 heteroatoms.